The lowest BCUT2D eigenvalue weighted by Crippen LogP contribution is -2.68. The van der Waals surface area contributed by atoms with E-state index >= 15 is 4.79 Å². The number of hydrogen-bond donors (Lipinski definition) is 0. The fraction of sp³-hybridized carbons (Fsp3) is 0.936. The Bertz CT molecular complexity index is 1500. The first-order valence-electron chi connectivity index (χ1n) is 22.6. The summed E-state index contributed by atoms with van der Waals surface area (Å²) in [5.74, 6) is 3.01. The van der Waals surface area contributed by atoms with Gasteiger partial charge in [0.2, 0.25) is 5.91 Å². The van der Waals surface area contributed by atoms with Crippen LogP contribution in [0.25, 0.3) is 0 Å². The molecule has 0 aromatic rings. The van der Waals surface area contributed by atoms with Crippen LogP contribution in [0.15, 0.2) is 0 Å². The summed E-state index contributed by atoms with van der Waals surface area (Å²) >= 11 is 0. The van der Waals surface area contributed by atoms with Gasteiger partial charge in [0.15, 0.2) is 0 Å². The maximum absolute atomic E-state index is 15.1. The molecule has 310 valence electrons. The number of carbonyl (C=O) groups excluding carboxylic acids is 3. The zero-order chi connectivity index (χ0) is 39.4. The summed E-state index contributed by atoms with van der Waals surface area (Å²) in [7, 11) is 1.72. The van der Waals surface area contributed by atoms with Crippen LogP contribution in [0.1, 0.15) is 152 Å². The molecule has 0 aromatic carbocycles. The fourth-order valence-corrected chi connectivity index (χ4v) is 16.1. The van der Waals surface area contributed by atoms with E-state index in [9.17, 15) is 9.59 Å². The van der Waals surface area contributed by atoms with Crippen molar-refractivity contribution in [2.45, 2.75) is 170 Å². The molecule has 1 heterocycles. The zero-order valence-electron chi connectivity index (χ0n) is 36.0. The highest BCUT2D eigenvalue weighted by Crippen LogP contribution is 2.79. The van der Waals surface area contributed by atoms with Crippen molar-refractivity contribution >= 4 is 18.3 Å². The second kappa shape index (κ2) is 13.7. The van der Waals surface area contributed by atoms with Crippen LogP contribution in [-0.2, 0) is 33.3 Å². The molecule has 0 aromatic heterocycles. The molecule has 0 N–H and O–H groups in total. The molecular weight excluding hydrogens is 691 g/mol. The average molecular weight is 766 g/mol. The number of carbonyl (C=O) groups is 3. The van der Waals surface area contributed by atoms with E-state index in [2.05, 4.69) is 46.4 Å². The minimum absolute atomic E-state index is 0.0991. The minimum Gasteiger partial charge on any atom is -0.464 e. The summed E-state index contributed by atoms with van der Waals surface area (Å²) < 4.78 is 23.1. The van der Waals surface area contributed by atoms with Crippen molar-refractivity contribution in [2.75, 3.05) is 33.4 Å². The molecule has 7 aliphatic carbocycles. The molecule has 7 saturated carbocycles. The molecule has 8 fully saturated rings. The molecule has 8 nitrogen and oxygen atoms in total. The maximum atomic E-state index is 15.1. The number of fused-ring (bicyclic) bond motifs is 7. The topological polar surface area (TPSA) is 91.4 Å². The van der Waals surface area contributed by atoms with Gasteiger partial charge in [-0.25, -0.2) is 0 Å². The molecule has 8 aliphatic rings. The molecule has 1 amide bonds. The smallest absolute Gasteiger partial charge is 0.310 e. The monoisotopic (exact) mass is 766 g/mol. The van der Waals surface area contributed by atoms with E-state index in [0.29, 0.717) is 67.0 Å². The van der Waals surface area contributed by atoms with E-state index in [1.54, 1.807) is 7.11 Å². The summed E-state index contributed by atoms with van der Waals surface area (Å²) in [4.78, 5) is 42.1. The Labute approximate surface area is 332 Å². The molecule has 0 radical (unpaired) electrons. The SMILES string of the molecule is COCCOC1CCN(C(=O)[C@]23CC[C@@H](C4(C)CC4)[C@@H]2[C@H]2CC[C@@H]4[C@@]5(C)CC[C@H](OC(=O)[C@H]6C[C@@H](OC=O)C6(C)C)C(C)(C)[C@@H]5CC[C@@]4(C)[C@]2(C)CC3)CC1. The Morgan fingerprint density at radius 1 is 0.691 bits per heavy atom. The van der Waals surface area contributed by atoms with Gasteiger partial charge in [-0.2, -0.15) is 0 Å². The number of esters is 1. The van der Waals surface area contributed by atoms with E-state index in [0.717, 1.165) is 51.6 Å². The van der Waals surface area contributed by atoms with Crippen LogP contribution < -0.4 is 0 Å². The quantitative estimate of drug-likeness (QED) is 0.125. The summed E-state index contributed by atoms with van der Waals surface area (Å²) in [6.45, 7) is 22.8. The number of amides is 1. The van der Waals surface area contributed by atoms with Crippen LogP contribution in [0, 0.1) is 73.4 Å². The standard InChI is InChI=1S/C47H75NO7/c1-41(2)33(28-37(41)54-29-49)39(50)55-36-14-17-44(6)34(42(36,3)4)13-18-46(8)35(44)11-10-32-38-31(43(5)20-21-43)12-19-47(38,23-22-45(32,46)7)40(51)48-24-15-30(16-25-48)53-27-26-52-9/h29-38H,10-28H2,1-9H3/t31-,32-,33-,34+,35-,36+,37-,38-,44+,45-,46-,47+/m1/s1. The van der Waals surface area contributed by atoms with Gasteiger partial charge in [0, 0.05) is 31.0 Å². The summed E-state index contributed by atoms with van der Waals surface area (Å²) in [5, 5.41) is 0. The van der Waals surface area contributed by atoms with E-state index in [-0.39, 0.29) is 57.3 Å². The Kier molecular flexibility index (Phi) is 9.99. The van der Waals surface area contributed by atoms with Crippen molar-refractivity contribution in [2.24, 2.45) is 73.4 Å². The third kappa shape index (κ3) is 5.87. The first-order valence-corrected chi connectivity index (χ1v) is 22.6. The van der Waals surface area contributed by atoms with Gasteiger partial charge >= 0.3 is 5.97 Å². The van der Waals surface area contributed by atoms with Gasteiger partial charge < -0.3 is 23.8 Å². The zero-order valence-corrected chi connectivity index (χ0v) is 36.0. The molecule has 12 atom stereocenters. The van der Waals surface area contributed by atoms with Gasteiger partial charge in [-0.1, -0.05) is 55.4 Å². The van der Waals surface area contributed by atoms with Gasteiger partial charge in [-0.3, -0.25) is 14.4 Å². The first kappa shape index (κ1) is 40.1. The molecule has 8 heteroatoms. The van der Waals surface area contributed by atoms with Gasteiger partial charge in [-0.15, -0.1) is 0 Å². The van der Waals surface area contributed by atoms with Crippen LogP contribution in [0.5, 0.6) is 0 Å². The molecule has 55 heavy (non-hydrogen) atoms. The fourth-order valence-electron chi connectivity index (χ4n) is 16.1. The van der Waals surface area contributed by atoms with Crippen LogP contribution in [0.3, 0.4) is 0 Å². The van der Waals surface area contributed by atoms with Gasteiger partial charge in [0.05, 0.1) is 30.7 Å². The molecule has 8 rings (SSSR count). The lowest BCUT2D eigenvalue weighted by molar-refractivity contribution is -0.253. The van der Waals surface area contributed by atoms with Crippen LogP contribution >= 0.6 is 0 Å². The molecule has 1 aliphatic heterocycles. The largest absolute Gasteiger partial charge is 0.464 e. The van der Waals surface area contributed by atoms with Gasteiger partial charge in [0.25, 0.3) is 6.47 Å². The Morgan fingerprint density at radius 3 is 2.07 bits per heavy atom. The Hall–Kier alpha value is -1.67. The number of hydrogen-bond acceptors (Lipinski definition) is 7. The van der Waals surface area contributed by atoms with Crippen LogP contribution in [0.4, 0.5) is 0 Å². The van der Waals surface area contributed by atoms with E-state index in [1.807, 2.05) is 13.8 Å². The third-order valence-corrected chi connectivity index (χ3v) is 20.0. The number of rotatable bonds is 10. The molecule has 1 saturated heterocycles. The molecule has 0 bridgehead atoms. The van der Waals surface area contributed by atoms with Gasteiger partial charge in [0.1, 0.15) is 12.2 Å². The molecular formula is C47H75NO7. The highest BCUT2D eigenvalue weighted by Gasteiger charge is 2.74. The van der Waals surface area contributed by atoms with E-state index in [1.165, 1.54) is 51.4 Å². The Morgan fingerprint density at radius 2 is 1.42 bits per heavy atom. The normalized spacial score (nSPS) is 46.5. The number of piperidine rings is 1. The van der Waals surface area contributed by atoms with Crippen molar-refractivity contribution < 1.29 is 33.3 Å². The number of methoxy groups -OCH3 is 1. The van der Waals surface area contributed by atoms with Crippen molar-refractivity contribution in [3.63, 3.8) is 0 Å². The lowest BCUT2D eigenvalue weighted by atomic mass is 9.32. The highest BCUT2D eigenvalue weighted by atomic mass is 16.6. The van der Waals surface area contributed by atoms with Crippen molar-refractivity contribution in [3.8, 4) is 0 Å². The number of nitrogens with zero attached hydrogens (tertiary/aromatic N) is 1. The second-order valence-corrected chi connectivity index (χ2v) is 22.6. The predicted molar refractivity (Wildman–Crippen MR) is 212 cm³/mol. The van der Waals surface area contributed by atoms with E-state index in [4.69, 9.17) is 18.9 Å². The summed E-state index contributed by atoms with van der Waals surface area (Å²) in [5.41, 5.74) is 0.288. The van der Waals surface area contributed by atoms with Crippen molar-refractivity contribution in [3.05, 3.63) is 0 Å². The predicted octanol–water partition coefficient (Wildman–Crippen LogP) is 9.02. The van der Waals surface area contributed by atoms with Crippen molar-refractivity contribution in [1.29, 1.82) is 0 Å². The third-order valence-electron chi connectivity index (χ3n) is 20.0. The lowest BCUT2D eigenvalue weighted by Gasteiger charge is -2.73. The number of ether oxygens (including phenoxy) is 4. The minimum atomic E-state index is -0.403. The average Bonchev–Trinajstić information content (AvgIpc) is 3.76. The second-order valence-electron chi connectivity index (χ2n) is 22.6. The summed E-state index contributed by atoms with van der Waals surface area (Å²) in [6, 6.07) is 0. The van der Waals surface area contributed by atoms with E-state index < -0.39 is 5.41 Å². The van der Waals surface area contributed by atoms with Crippen LogP contribution in [0.2, 0.25) is 0 Å². The number of likely N-dealkylation sites (tertiary alicyclic amines) is 1. The first-order chi connectivity index (χ1) is 25.9. The van der Waals surface area contributed by atoms with Crippen LogP contribution in [-0.4, -0.2) is 75.0 Å². The molecule has 0 unspecified atom stereocenters. The summed E-state index contributed by atoms with van der Waals surface area (Å²) in [6.07, 6.45) is 16.5. The Balaban J connectivity index is 1.01. The van der Waals surface area contributed by atoms with Gasteiger partial charge in [-0.05, 0) is 148 Å². The molecule has 0 spiro atoms. The maximum Gasteiger partial charge on any atom is 0.310 e. The highest BCUT2D eigenvalue weighted by molar-refractivity contribution is 5.84. The van der Waals surface area contributed by atoms with Crippen molar-refractivity contribution in [1.82, 2.24) is 4.90 Å².